The fraction of sp³-hybridized carbons (Fsp3) is 0.250. The maximum absolute atomic E-state index is 10.7. The zero-order valence-electron chi connectivity index (χ0n) is 11.1. The van der Waals surface area contributed by atoms with Gasteiger partial charge in [0.1, 0.15) is 0 Å². The summed E-state index contributed by atoms with van der Waals surface area (Å²) in [7, 11) is 4.38. The van der Waals surface area contributed by atoms with Crippen LogP contribution in [0.2, 0.25) is 0 Å². The number of rotatable bonds is 4. The minimum atomic E-state index is -1.25. The third kappa shape index (κ3) is 2.48. The highest BCUT2D eigenvalue weighted by Gasteiger charge is 2.14. The molecule has 0 aliphatic heterocycles. The standard InChI is InChI=1S/C12H13N3O5/c1-18-8-4-6-7(5-9(8)19-2)14-11(20-3)10(13-6)15-12(16)17/h4-5H,1-3H3,(H,13,15)(H,16,17). The largest absolute Gasteiger partial charge is 0.493 e. The number of nitrogens with one attached hydrogen (secondary N) is 1. The van der Waals surface area contributed by atoms with E-state index in [-0.39, 0.29) is 11.7 Å². The van der Waals surface area contributed by atoms with E-state index in [0.29, 0.717) is 22.5 Å². The molecule has 0 aliphatic rings. The molecule has 0 aliphatic carbocycles. The Kier molecular flexibility index (Phi) is 3.74. The first-order valence-electron chi connectivity index (χ1n) is 5.56. The van der Waals surface area contributed by atoms with Crippen molar-refractivity contribution in [2.75, 3.05) is 26.6 Å². The van der Waals surface area contributed by atoms with Crippen LogP contribution in [0.5, 0.6) is 17.4 Å². The highest BCUT2D eigenvalue weighted by Crippen LogP contribution is 2.33. The average Bonchev–Trinajstić information content (AvgIpc) is 2.44. The van der Waals surface area contributed by atoms with Gasteiger partial charge in [-0.15, -0.1) is 0 Å². The number of carbonyl (C=O) groups is 1. The smallest absolute Gasteiger partial charge is 0.410 e. The molecule has 0 bridgehead atoms. The van der Waals surface area contributed by atoms with Gasteiger partial charge in [0.05, 0.1) is 32.4 Å². The molecule has 0 spiro atoms. The van der Waals surface area contributed by atoms with E-state index in [1.165, 1.54) is 21.3 Å². The van der Waals surface area contributed by atoms with Gasteiger partial charge in [0.15, 0.2) is 17.3 Å². The van der Waals surface area contributed by atoms with E-state index in [1.807, 2.05) is 0 Å². The molecule has 1 aromatic heterocycles. The van der Waals surface area contributed by atoms with Gasteiger partial charge in [-0.3, -0.25) is 5.32 Å². The molecule has 8 heteroatoms. The van der Waals surface area contributed by atoms with E-state index in [4.69, 9.17) is 19.3 Å². The molecular formula is C12H13N3O5. The van der Waals surface area contributed by atoms with E-state index in [0.717, 1.165) is 0 Å². The fourth-order valence-electron chi connectivity index (χ4n) is 1.69. The molecule has 0 saturated heterocycles. The van der Waals surface area contributed by atoms with Gasteiger partial charge in [-0.1, -0.05) is 0 Å². The Bertz CT molecular complexity index is 659. The molecule has 1 heterocycles. The lowest BCUT2D eigenvalue weighted by molar-refractivity contribution is 0.209. The number of aromatic nitrogens is 2. The maximum atomic E-state index is 10.7. The van der Waals surface area contributed by atoms with E-state index in [2.05, 4.69) is 15.3 Å². The number of hydrogen-bond donors (Lipinski definition) is 2. The summed E-state index contributed by atoms with van der Waals surface area (Å²) in [6.07, 6.45) is -1.25. The minimum absolute atomic E-state index is 0.0136. The van der Waals surface area contributed by atoms with Crippen LogP contribution in [0.4, 0.5) is 10.6 Å². The maximum Gasteiger partial charge on any atom is 0.410 e. The summed E-state index contributed by atoms with van der Waals surface area (Å²) in [5, 5.41) is 10.9. The van der Waals surface area contributed by atoms with Crippen molar-refractivity contribution >= 4 is 22.9 Å². The van der Waals surface area contributed by atoms with Crippen LogP contribution in [0.1, 0.15) is 0 Å². The van der Waals surface area contributed by atoms with Crippen molar-refractivity contribution in [3.05, 3.63) is 12.1 Å². The van der Waals surface area contributed by atoms with Crippen LogP contribution in [-0.2, 0) is 0 Å². The van der Waals surface area contributed by atoms with Crippen molar-refractivity contribution in [2.45, 2.75) is 0 Å². The van der Waals surface area contributed by atoms with Gasteiger partial charge < -0.3 is 19.3 Å². The van der Waals surface area contributed by atoms with Crippen LogP contribution in [0.15, 0.2) is 12.1 Å². The number of carboxylic acid groups (broad SMARTS) is 1. The Morgan fingerprint density at radius 2 is 1.60 bits per heavy atom. The van der Waals surface area contributed by atoms with Crippen LogP contribution in [0.3, 0.4) is 0 Å². The predicted molar refractivity (Wildman–Crippen MR) is 70.8 cm³/mol. The first-order chi connectivity index (χ1) is 9.58. The van der Waals surface area contributed by atoms with Gasteiger partial charge in [0.2, 0.25) is 0 Å². The Balaban J connectivity index is 2.64. The molecular weight excluding hydrogens is 266 g/mol. The summed E-state index contributed by atoms with van der Waals surface area (Å²) >= 11 is 0. The van der Waals surface area contributed by atoms with Crippen LogP contribution in [0.25, 0.3) is 11.0 Å². The van der Waals surface area contributed by atoms with E-state index >= 15 is 0 Å². The van der Waals surface area contributed by atoms with Crippen molar-refractivity contribution < 1.29 is 24.1 Å². The SMILES string of the molecule is COc1cc2nc(NC(=O)O)c(OC)nc2cc1OC. The van der Waals surface area contributed by atoms with E-state index in [1.54, 1.807) is 12.1 Å². The van der Waals surface area contributed by atoms with Crippen molar-refractivity contribution in [3.63, 3.8) is 0 Å². The Labute approximate surface area is 114 Å². The van der Waals surface area contributed by atoms with Crippen molar-refractivity contribution in [3.8, 4) is 17.4 Å². The Morgan fingerprint density at radius 3 is 2.05 bits per heavy atom. The van der Waals surface area contributed by atoms with Gasteiger partial charge in [-0.05, 0) is 0 Å². The second kappa shape index (κ2) is 5.47. The van der Waals surface area contributed by atoms with E-state index in [9.17, 15) is 4.79 Å². The lowest BCUT2D eigenvalue weighted by atomic mass is 10.2. The van der Waals surface area contributed by atoms with Crippen LogP contribution < -0.4 is 19.5 Å². The molecule has 0 saturated carbocycles. The van der Waals surface area contributed by atoms with E-state index < -0.39 is 6.09 Å². The molecule has 2 N–H and O–H groups in total. The number of ether oxygens (including phenoxy) is 3. The molecule has 0 fully saturated rings. The minimum Gasteiger partial charge on any atom is -0.493 e. The summed E-state index contributed by atoms with van der Waals surface area (Å²) in [5.74, 6) is 1.06. The summed E-state index contributed by atoms with van der Waals surface area (Å²) in [6, 6.07) is 3.24. The summed E-state index contributed by atoms with van der Waals surface area (Å²) in [5.41, 5.74) is 0.947. The first kappa shape index (κ1) is 13.7. The molecule has 0 radical (unpaired) electrons. The number of anilines is 1. The quantitative estimate of drug-likeness (QED) is 0.878. The van der Waals surface area contributed by atoms with Crippen molar-refractivity contribution in [1.82, 2.24) is 9.97 Å². The number of methoxy groups -OCH3 is 3. The van der Waals surface area contributed by atoms with Gasteiger partial charge in [-0.25, -0.2) is 14.8 Å². The highest BCUT2D eigenvalue weighted by molar-refractivity contribution is 5.87. The molecule has 1 amide bonds. The summed E-state index contributed by atoms with van der Waals surface area (Å²) < 4.78 is 15.3. The Morgan fingerprint density at radius 1 is 1.05 bits per heavy atom. The third-order valence-corrected chi connectivity index (χ3v) is 2.56. The molecule has 0 unspecified atom stereocenters. The average molecular weight is 279 g/mol. The molecule has 106 valence electrons. The molecule has 2 aromatic rings. The first-order valence-corrected chi connectivity index (χ1v) is 5.56. The molecule has 2 rings (SSSR count). The number of nitrogens with zero attached hydrogens (tertiary/aromatic N) is 2. The number of amides is 1. The second-order valence-corrected chi connectivity index (χ2v) is 3.71. The number of hydrogen-bond acceptors (Lipinski definition) is 6. The van der Waals surface area contributed by atoms with Crippen LogP contribution in [0, 0.1) is 0 Å². The normalized spacial score (nSPS) is 10.2. The Hall–Kier alpha value is -2.77. The fourth-order valence-corrected chi connectivity index (χ4v) is 1.69. The van der Waals surface area contributed by atoms with Gasteiger partial charge >= 0.3 is 6.09 Å². The number of fused-ring (bicyclic) bond motifs is 1. The second-order valence-electron chi connectivity index (χ2n) is 3.71. The molecule has 1 aromatic carbocycles. The zero-order valence-corrected chi connectivity index (χ0v) is 11.1. The lowest BCUT2D eigenvalue weighted by Crippen LogP contribution is -2.11. The third-order valence-electron chi connectivity index (χ3n) is 2.56. The monoisotopic (exact) mass is 279 g/mol. The van der Waals surface area contributed by atoms with Gasteiger partial charge in [0, 0.05) is 12.1 Å². The lowest BCUT2D eigenvalue weighted by Gasteiger charge is -2.11. The van der Waals surface area contributed by atoms with Gasteiger partial charge in [0.25, 0.3) is 5.88 Å². The topological polar surface area (TPSA) is 103 Å². The van der Waals surface area contributed by atoms with Crippen LogP contribution in [-0.4, -0.2) is 42.5 Å². The van der Waals surface area contributed by atoms with Crippen LogP contribution >= 0.6 is 0 Å². The van der Waals surface area contributed by atoms with Crippen molar-refractivity contribution in [1.29, 1.82) is 0 Å². The number of benzene rings is 1. The molecule has 8 nitrogen and oxygen atoms in total. The molecule has 0 atom stereocenters. The summed E-state index contributed by atoms with van der Waals surface area (Å²) in [4.78, 5) is 19.1. The molecule has 20 heavy (non-hydrogen) atoms. The van der Waals surface area contributed by atoms with Gasteiger partial charge in [-0.2, -0.15) is 0 Å². The van der Waals surface area contributed by atoms with Crippen molar-refractivity contribution in [2.24, 2.45) is 0 Å². The predicted octanol–water partition coefficient (Wildman–Crippen LogP) is 1.75. The highest BCUT2D eigenvalue weighted by atomic mass is 16.5. The zero-order chi connectivity index (χ0) is 14.7. The summed E-state index contributed by atoms with van der Waals surface area (Å²) in [6.45, 7) is 0.